The first-order valence-corrected chi connectivity index (χ1v) is 14.3. The first-order chi connectivity index (χ1) is 18.9. The average molecular weight is 580 g/mol. The lowest BCUT2D eigenvalue weighted by atomic mass is 9.97. The maximum Gasteiger partial charge on any atom is 0.228 e. The highest BCUT2D eigenvalue weighted by molar-refractivity contribution is 7.10. The third-order valence-electron chi connectivity index (χ3n) is 6.93. The Bertz CT molecular complexity index is 1620. The van der Waals surface area contributed by atoms with Gasteiger partial charge in [0.25, 0.3) is 0 Å². The number of benzene rings is 2. The van der Waals surface area contributed by atoms with E-state index in [0.717, 1.165) is 34.7 Å². The van der Waals surface area contributed by atoms with Crippen LogP contribution in [0.15, 0.2) is 68.9 Å². The number of rotatable bonds is 6. The molecule has 3 aromatic heterocycles. The molecule has 7 nitrogen and oxygen atoms in total. The van der Waals surface area contributed by atoms with Crippen molar-refractivity contribution in [2.75, 3.05) is 13.1 Å². The Morgan fingerprint density at radius 2 is 1.79 bits per heavy atom. The maximum atomic E-state index is 13.1. The molecule has 0 saturated carbocycles. The zero-order valence-electron chi connectivity index (χ0n) is 21.1. The van der Waals surface area contributed by atoms with Crippen LogP contribution in [0, 0.1) is 6.92 Å². The van der Waals surface area contributed by atoms with Crippen molar-refractivity contribution in [3.8, 4) is 34.2 Å². The van der Waals surface area contributed by atoms with Crippen molar-refractivity contribution in [1.29, 1.82) is 0 Å². The standard InChI is InChI=1S/C29H24Cl2N4O3S/c1-17-23(32-28(37-17)18-5-3-2-4-6-18)15-27(36)35-11-9-19(10-12-35)29-33-25(16-39-29)26-14-24(34-38-26)20-7-8-21(30)22(31)13-20/h2-8,13-14,16,19H,9-12,15H2,1H3. The summed E-state index contributed by atoms with van der Waals surface area (Å²) in [4.78, 5) is 24.4. The van der Waals surface area contributed by atoms with E-state index in [4.69, 9.17) is 37.1 Å². The fourth-order valence-corrected chi connectivity index (χ4v) is 5.98. The number of aryl methyl sites for hydroxylation is 1. The van der Waals surface area contributed by atoms with Crippen LogP contribution in [0.1, 0.15) is 35.2 Å². The highest BCUT2D eigenvalue weighted by Crippen LogP contribution is 2.35. The van der Waals surface area contributed by atoms with Gasteiger partial charge in [-0.2, -0.15) is 0 Å². The molecular weight excluding hydrogens is 555 g/mol. The van der Waals surface area contributed by atoms with Crippen molar-refractivity contribution in [2.45, 2.75) is 32.1 Å². The van der Waals surface area contributed by atoms with Crippen LogP contribution in [0.25, 0.3) is 34.2 Å². The van der Waals surface area contributed by atoms with Gasteiger partial charge in [-0.05, 0) is 44.0 Å². The Morgan fingerprint density at radius 1 is 1.00 bits per heavy atom. The summed E-state index contributed by atoms with van der Waals surface area (Å²) >= 11 is 13.8. The summed E-state index contributed by atoms with van der Waals surface area (Å²) in [7, 11) is 0. The van der Waals surface area contributed by atoms with Crippen LogP contribution < -0.4 is 0 Å². The largest absolute Gasteiger partial charge is 0.441 e. The van der Waals surface area contributed by atoms with Gasteiger partial charge in [0.1, 0.15) is 17.1 Å². The van der Waals surface area contributed by atoms with E-state index >= 15 is 0 Å². The Kier molecular flexibility index (Phi) is 7.25. The van der Waals surface area contributed by atoms with Crippen LogP contribution in [0.3, 0.4) is 0 Å². The van der Waals surface area contributed by atoms with E-state index in [-0.39, 0.29) is 12.3 Å². The number of oxazole rings is 1. The number of thiazole rings is 1. The van der Waals surface area contributed by atoms with E-state index in [9.17, 15) is 4.79 Å². The summed E-state index contributed by atoms with van der Waals surface area (Å²) in [5.74, 6) is 2.20. The molecule has 5 aromatic rings. The van der Waals surface area contributed by atoms with Crippen LogP contribution in [0.2, 0.25) is 10.0 Å². The first-order valence-electron chi connectivity index (χ1n) is 12.6. The topological polar surface area (TPSA) is 85.3 Å². The minimum Gasteiger partial charge on any atom is -0.441 e. The van der Waals surface area contributed by atoms with Crippen molar-refractivity contribution < 1.29 is 13.7 Å². The molecule has 1 aliphatic heterocycles. The van der Waals surface area contributed by atoms with Crippen LogP contribution >= 0.6 is 34.5 Å². The van der Waals surface area contributed by atoms with Gasteiger partial charge in [-0.3, -0.25) is 4.79 Å². The van der Waals surface area contributed by atoms with Gasteiger partial charge in [-0.25, -0.2) is 9.97 Å². The number of likely N-dealkylation sites (tertiary alicyclic amines) is 1. The van der Waals surface area contributed by atoms with Crippen LogP contribution in [0.4, 0.5) is 0 Å². The number of halogens is 2. The minimum atomic E-state index is 0.0702. The van der Waals surface area contributed by atoms with Gasteiger partial charge in [0.2, 0.25) is 11.8 Å². The van der Waals surface area contributed by atoms with Gasteiger partial charge in [0.05, 0.1) is 27.2 Å². The molecule has 10 heteroatoms. The average Bonchev–Trinajstić information content (AvgIpc) is 3.71. The smallest absolute Gasteiger partial charge is 0.228 e. The van der Waals surface area contributed by atoms with Gasteiger partial charge in [-0.15, -0.1) is 11.3 Å². The summed E-state index contributed by atoms with van der Waals surface area (Å²) in [5, 5.41) is 8.17. The Balaban J connectivity index is 1.07. The van der Waals surface area contributed by atoms with Crippen LogP contribution in [-0.4, -0.2) is 39.0 Å². The lowest BCUT2D eigenvalue weighted by molar-refractivity contribution is -0.131. The zero-order valence-corrected chi connectivity index (χ0v) is 23.4. The molecule has 6 rings (SSSR count). The van der Waals surface area contributed by atoms with E-state index in [0.29, 0.717) is 57.9 Å². The van der Waals surface area contributed by atoms with Gasteiger partial charge in [-0.1, -0.05) is 52.6 Å². The zero-order chi connectivity index (χ0) is 26.9. The minimum absolute atomic E-state index is 0.0702. The molecule has 198 valence electrons. The first kappa shape index (κ1) is 25.8. The Labute approximate surface area is 239 Å². The second-order valence-corrected chi connectivity index (χ2v) is 11.2. The molecule has 4 heterocycles. The van der Waals surface area contributed by atoms with Crippen molar-refractivity contribution in [2.24, 2.45) is 0 Å². The van der Waals surface area contributed by atoms with Crippen LogP contribution in [0.5, 0.6) is 0 Å². The van der Waals surface area contributed by atoms with Gasteiger partial charge in [0, 0.05) is 41.6 Å². The van der Waals surface area contributed by atoms with E-state index in [1.165, 1.54) is 0 Å². The van der Waals surface area contributed by atoms with Crippen LogP contribution in [-0.2, 0) is 11.2 Å². The fraction of sp³-hybridized carbons (Fsp3) is 0.241. The van der Waals surface area contributed by atoms with Crippen molar-refractivity contribution in [3.63, 3.8) is 0 Å². The molecule has 1 aliphatic rings. The number of aromatic nitrogens is 3. The number of nitrogens with zero attached hydrogens (tertiary/aromatic N) is 4. The van der Waals surface area contributed by atoms with Crippen molar-refractivity contribution in [1.82, 2.24) is 20.0 Å². The van der Waals surface area contributed by atoms with Crippen molar-refractivity contribution >= 4 is 40.4 Å². The van der Waals surface area contributed by atoms with E-state index in [1.807, 2.05) is 59.7 Å². The lowest BCUT2D eigenvalue weighted by Crippen LogP contribution is -2.38. The monoisotopic (exact) mass is 578 g/mol. The highest BCUT2D eigenvalue weighted by atomic mass is 35.5. The Morgan fingerprint density at radius 3 is 2.56 bits per heavy atom. The molecule has 1 amide bonds. The number of carbonyl (C=O) groups is 1. The summed E-state index contributed by atoms with van der Waals surface area (Å²) < 4.78 is 11.4. The highest BCUT2D eigenvalue weighted by Gasteiger charge is 2.27. The van der Waals surface area contributed by atoms with Crippen molar-refractivity contribution in [3.05, 3.63) is 86.5 Å². The molecule has 1 fully saturated rings. The molecule has 2 aromatic carbocycles. The predicted octanol–water partition coefficient (Wildman–Crippen LogP) is 7.68. The number of hydrogen-bond donors (Lipinski definition) is 0. The third kappa shape index (κ3) is 5.50. The maximum absolute atomic E-state index is 13.1. The quantitative estimate of drug-likeness (QED) is 0.205. The Hall–Kier alpha value is -3.46. The molecule has 0 spiro atoms. The van der Waals surface area contributed by atoms with E-state index in [1.54, 1.807) is 23.5 Å². The summed E-state index contributed by atoms with van der Waals surface area (Å²) in [5.41, 5.74) is 3.84. The normalized spacial score (nSPS) is 14.2. The molecule has 0 aliphatic carbocycles. The molecular formula is C29H24Cl2N4O3S. The fourth-order valence-electron chi connectivity index (χ4n) is 4.70. The van der Waals surface area contributed by atoms with Gasteiger partial charge < -0.3 is 13.8 Å². The van der Waals surface area contributed by atoms with Gasteiger partial charge in [0.15, 0.2) is 5.76 Å². The molecule has 39 heavy (non-hydrogen) atoms. The van der Waals surface area contributed by atoms with E-state index in [2.05, 4.69) is 10.1 Å². The molecule has 0 radical (unpaired) electrons. The molecule has 1 saturated heterocycles. The summed E-state index contributed by atoms with van der Waals surface area (Å²) in [6.07, 6.45) is 1.95. The lowest BCUT2D eigenvalue weighted by Gasteiger charge is -2.31. The molecule has 0 unspecified atom stereocenters. The van der Waals surface area contributed by atoms with E-state index < -0.39 is 0 Å². The summed E-state index contributed by atoms with van der Waals surface area (Å²) in [6, 6.07) is 16.9. The second kappa shape index (κ2) is 11.0. The number of carbonyl (C=O) groups excluding carboxylic acids is 1. The summed E-state index contributed by atoms with van der Waals surface area (Å²) in [6.45, 7) is 3.23. The third-order valence-corrected chi connectivity index (χ3v) is 8.68. The molecule has 0 atom stereocenters. The molecule has 0 bridgehead atoms. The predicted molar refractivity (Wildman–Crippen MR) is 152 cm³/mol. The number of hydrogen-bond acceptors (Lipinski definition) is 7. The second-order valence-electron chi connectivity index (χ2n) is 9.50. The van der Waals surface area contributed by atoms with Gasteiger partial charge >= 0.3 is 0 Å². The number of piperidine rings is 1. The number of amides is 1. The molecule has 0 N–H and O–H groups in total. The SMILES string of the molecule is Cc1oc(-c2ccccc2)nc1CC(=O)N1CCC(c2nc(-c3cc(-c4ccc(Cl)c(Cl)c4)no3)cs2)CC1.